The summed E-state index contributed by atoms with van der Waals surface area (Å²) in [5.74, 6) is -2.71. The smallest absolute Gasteiger partial charge is 0.253 e. The summed E-state index contributed by atoms with van der Waals surface area (Å²) in [6, 6.07) is 0. The van der Waals surface area contributed by atoms with Crippen LogP contribution in [-0.4, -0.2) is 160 Å². The lowest BCUT2D eigenvalue weighted by atomic mass is 10.1. The highest BCUT2D eigenvalue weighted by molar-refractivity contribution is 8.40. The van der Waals surface area contributed by atoms with Gasteiger partial charge in [0, 0.05) is 102 Å². The molecule has 28 heteroatoms. The van der Waals surface area contributed by atoms with E-state index in [0.717, 1.165) is 62.4 Å². The number of unbranched alkanes of at least 4 members (excludes halogenated alkanes) is 2. The lowest BCUT2D eigenvalue weighted by Crippen LogP contribution is -2.35. The van der Waals surface area contributed by atoms with Crippen molar-refractivity contribution in [2.45, 2.75) is 80.1 Å². The monoisotopic (exact) mass is 1130 g/mol. The van der Waals surface area contributed by atoms with Crippen LogP contribution in [0.1, 0.15) is 80.1 Å². The number of hydrogen-bond acceptors (Lipinski definition) is 18. The second-order valence-corrected chi connectivity index (χ2v) is 21.0. The molecule has 0 saturated heterocycles. The van der Waals surface area contributed by atoms with Gasteiger partial charge in [-0.05, 0) is 72.9 Å². The quantitative estimate of drug-likeness (QED) is 0.0393. The van der Waals surface area contributed by atoms with Gasteiger partial charge in [0.2, 0.25) is 23.6 Å². The van der Waals surface area contributed by atoms with Crippen LogP contribution < -0.4 is 21.3 Å². The summed E-state index contributed by atoms with van der Waals surface area (Å²) in [5.41, 5.74) is 0.125. The molecule has 0 bridgehead atoms. The van der Waals surface area contributed by atoms with Gasteiger partial charge in [-0.2, -0.15) is 0 Å². The highest BCUT2D eigenvalue weighted by Crippen LogP contribution is 2.15. The van der Waals surface area contributed by atoms with Crippen molar-refractivity contribution >= 4 is 134 Å². The van der Waals surface area contributed by atoms with Crippen LogP contribution >= 0.6 is 28.8 Å². The molecule has 0 radical (unpaired) electrons. The molecule has 2 heterocycles. The first-order valence-corrected chi connectivity index (χ1v) is 29.8. The summed E-state index contributed by atoms with van der Waals surface area (Å²) < 4.78 is 21.1. The highest BCUT2D eigenvalue weighted by Gasteiger charge is 2.24. The predicted octanol–water partition coefficient (Wildman–Crippen LogP) is 3.61. The van der Waals surface area contributed by atoms with Gasteiger partial charge in [0.1, 0.15) is 13.2 Å². The van der Waals surface area contributed by atoms with Gasteiger partial charge in [-0.15, -0.1) is 0 Å². The van der Waals surface area contributed by atoms with Crippen LogP contribution in [0.5, 0.6) is 0 Å². The van der Waals surface area contributed by atoms with Gasteiger partial charge in [0.05, 0.1) is 54.4 Å². The molecular weight excluding hydrogens is 1060 g/mol. The van der Waals surface area contributed by atoms with Crippen molar-refractivity contribution in [3.8, 4) is 0 Å². The molecule has 0 aliphatic carbocycles. The number of rotatable bonds is 37. The molecule has 0 aromatic carbocycles. The molecule has 0 spiro atoms. The maximum atomic E-state index is 11.7. The van der Waals surface area contributed by atoms with E-state index in [0.29, 0.717) is 27.8 Å². The molecule has 0 fully saturated rings. The molecule has 2 atom stereocenters. The Hall–Kier alpha value is -3.10. The van der Waals surface area contributed by atoms with Crippen LogP contribution in [0.3, 0.4) is 0 Å². The molecule has 0 aromatic rings. The first kappa shape index (κ1) is 71.2. The minimum Gasteiger partial charge on any atom is -0.377 e. The standard InChI is InChI=1S/2C20H30N3O7PS.2CH4.P2S2/c2*1-15(20(28)31-32)4-2-3-8-21-17(25)14-30-13-12-29-11-9-22-16(24)7-10-23-18(26)5-6-19(23)27;;;3-1-2-4/h2*5-6,15H,2-4,7-14H2,1H3,(H,21,25)(H,22,24);2*1H4;. The summed E-state index contributed by atoms with van der Waals surface area (Å²) in [7, 11) is 2.49. The number of nitrogens with zero attached hydrogens (tertiary/aromatic N) is 2. The van der Waals surface area contributed by atoms with Crippen LogP contribution in [0.15, 0.2) is 24.3 Å². The Bertz CT molecular complexity index is 1630. The van der Waals surface area contributed by atoms with Gasteiger partial charge in [0.15, 0.2) is 11.0 Å². The molecule has 8 amide bonds. The lowest BCUT2D eigenvalue weighted by Gasteiger charge is -2.13. The Morgan fingerprint density at radius 3 is 1.11 bits per heavy atom. The maximum absolute atomic E-state index is 11.7. The average molecular weight is 1130 g/mol. The van der Waals surface area contributed by atoms with Crippen LogP contribution in [0.25, 0.3) is 0 Å². The maximum Gasteiger partial charge on any atom is 0.253 e. The Kier molecular flexibility index (Phi) is 47.7. The number of nitrogens with one attached hydrogen (secondary N) is 4. The SMILES string of the molecule is C.C.CC(CCCCNC(=O)COCCOCCNC(=O)CCN1C(=O)C=CC1=O)C(=O)P=S.CC(CCCCNC(=O)COCCOCCNC(=O)CCN1C(=O)C=CC1=O)C(=O)P=S.S=PP=S. The zero-order chi connectivity index (χ0) is 51.0. The number of carbonyl (C=O) groups excluding carboxylic acids is 10. The third-order valence-corrected chi connectivity index (χ3v) is 14.1. The van der Waals surface area contributed by atoms with Crippen molar-refractivity contribution in [3.05, 3.63) is 24.3 Å². The van der Waals surface area contributed by atoms with E-state index in [2.05, 4.69) is 44.9 Å². The molecular formula is C42H68N6O14P4S4. The zero-order valence-corrected chi connectivity index (χ0v) is 44.9. The van der Waals surface area contributed by atoms with Gasteiger partial charge < -0.3 is 40.2 Å². The Morgan fingerprint density at radius 1 is 0.486 bits per heavy atom. The fourth-order valence-electron chi connectivity index (χ4n) is 5.34. The molecule has 2 rings (SSSR count). The van der Waals surface area contributed by atoms with Crippen LogP contribution in [0.2, 0.25) is 0 Å². The molecule has 394 valence electrons. The number of amides is 8. The van der Waals surface area contributed by atoms with Crippen molar-refractivity contribution in [2.24, 2.45) is 11.8 Å². The Labute approximate surface area is 438 Å². The fourth-order valence-corrected chi connectivity index (χ4v) is 7.03. The minimum absolute atomic E-state index is 0. The van der Waals surface area contributed by atoms with Crippen LogP contribution in [-0.2, 0) is 114 Å². The Morgan fingerprint density at radius 2 is 0.800 bits per heavy atom. The van der Waals surface area contributed by atoms with E-state index in [1.54, 1.807) is 0 Å². The van der Waals surface area contributed by atoms with Gasteiger partial charge in [-0.1, -0.05) is 41.5 Å². The average Bonchev–Trinajstić information content (AvgIpc) is 3.83. The second kappa shape index (κ2) is 46.9. The molecule has 0 aromatic heterocycles. The number of imide groups is 2. The minimum atomic E-state index is -0.411. The van der Waals surface area contributed by atoms with Crippen LogP contribution in [0.4, 0.5) is 0 Å². The summed E-state index contributed by atoms with van der Waals surface area (Å²) in [6.07, 6.45) is 9.56. The van der Waals surface area contributed by atoms with E-state index in [4.69, 9.17) is 42.6 Å². The number of ether oxygens (including phenoxy) is 4. The fraction of sp³-hybridized carbons (Fsp3) is 0.667. The molecule has 0 saturated carbocycles. The summed E-state index contributed by atoms with van der Waals surface area (Å²) >= 11 is 18.2. The third-order valence-electron chi connectivity index (χ3n) is 9.10. The van der Waals surface area contributed by atoms with Gasteiger partial charge in [0.25, 0.3) is 23.6 Å². The summed E-state index contributed by atoms with van der Waals surface area (Å²) in [6.45, 7) is 6.91. The van der Waals surface area contributed by atoms with Gasteiger partial charge >= 0.3 is 0 Å². The molecule has 70 heavy (non-hydrogen) atoms. The van der Waals surface area contributed by atoms with Gasteiger partial charge in [-0.25, -0.2) is 0 Å². The largest absolute Gasteiger partial charge is 0.377 e. The summed E-state index contributed by atoms with van der Waals surface area (Å²) in [4.78, 5) is 117. The molecule has 2 unspecified atom stereocenters. The molecule has 2 aliphatic rings. The molecule has 4 N–H and O–H groups in total. The second-order valence-electron chi connectivity index (χ2n) is 14.4. The zero-order valence-electron chi connectivity index (χ0n) is 38.1. The first-order valence-electron chi connectivity index (χ1n) is 21.5. The lowest BCUT2D eigenvalue weighted by molar-refractivity contribution is -0.139. The molecule has 2 aliphatic heterocycles. The van der Waals surface area contributed by atoms with E-state index < -0.39 is 23.6 Å². The Balaban J connectivity index is -0.00000116. The predicted molar refractivity (Wildman–Crippen MR) is 283 cm³/mol. The number of hydrogen-bond donors (Lipinski definition) is 4. The van der Waals surface area contributed by atoms with E-state index in [1.807, 2.05) is 13.8 Å². The van der Waals surface area contributed by atoms with Crippen molar-refractivity contribution < 1.29 is 66.9 Å². The highest BCUT2D eigenvalue weighted by atomic mass is 32.7. The normalized spacial score (nSPS) is 13.4. The number of carbonyl (C=O) groups is 10. The van der Waals surface area contributed by atoms with Crippen molar-refractivity contribution in [3.63, 3.8) is 0 Å². The summed E-state index contributed by atoms with van der Waals surface area (Å²) in [5, 5.41) is 10.8. The van der Waals surface area contributed by atoms with Gasteiger partial charge in [-0.3, -0.25) is 57.7 Å². The van der Waals surface area contributed by atoms with E-state index in [9.17, 15) is 47.9 Å². The molecule has 20 nitrogen and oxygen atoms in total. The van der Waals surface area contributed by atoms with Crippen molar-refractivity contribution in [2.75, 3.05) is 92.1 Å². The van der Waals surface area contributed by atoms with E-state index in [1.165, 1.54) is 24.3 Å². The van der Waals surface area contributed by atoms with Crippen molar-refractivity contribution in [1.29, 1.82) is 0 Å². The van der Waals surface area contributed by atoms with Crippen molar-refractivity contribution in [1.82, 2.24) is 31.1 Å². The third kappa shape index (κ3) is 37.6. The van der Waals surface area contributed by atoms with E-state index >= 15 is 0 Å². The van der Waals surface area contributed by atoms with Crippen LogP contribution in [0, 0.1) is 11.8 Å². The first-order chi connectivity index (χ1) is 32.6. The topological polar surface area (TPSA) is 262 Å². The van der Waals surface area contributed by atoms with E-state index in [-0.39, 0.29) is 153 Å².